The largest absolute Gasteiger partial charge is 0.494 e. The van der Waals surface area contributed by atoms with Crippen LogP contribution in [0.25, 0.3) is 11.1 Å². The van der Waals surface area contributed by atoms with Crippen LogP contribution < -0.4 is 14.2 Å². The van der Waals surface area contributed by atoms with Crippen molar-refractivity contribution in [3.63, 3.8) is 0 Å². The highest BCUT2D eigenvalue weighted by Crippen LogP contribution is 2.43. The van der Waals surface area contributed by atoms with E-state index in [0.29, 0.717) is 38.4 Å². The van der Waals surface area contributed by atoms with Gasteiger partial charge in [0.1, 0.15) is 17.6 Å². The molecule has 0 fully saturated rings. The number of hydrogen-bond donors (Lipinski definition) is 0. The average molecular weight is 511 g/mol. The Kier molecular flexibility index (Phi) is 7.91. The summed E-state index contributed by atoms with van der Waals surface area (Å²) in [6.07, 6.45) is 5.28. The van der Waals surface area contributed by atoms with Crippen LogP contribution in [0.2, 0.25) is 6.32 Å². The number of aromatic nitrogens is 1. The molecule has 1 unspecified atom stereocenters. The summed E-state index contributed by atoms with van der Waals surface area (Å²) in [4.78, 5) is 16.5. The first-order valence-corrected chi connectivity index (χ1v) is 13.5. The lowest BCUT2D eigenvalue weighted by atomic mass is 9.90. The van der Waals surface area contributed by atoms with Crippen LogP contribution >= 0.6 is 0 Å². The highest BCUT2D eigenvalue weighted by molar-refractivity contribution is 6.08. The van der Waals surface area contributed by atoms with Crippen molar-refractivity contribution in [2.24, 2.45) is 0 Å². The van der Waals surface area contributed by atoms with E-state index in [1.165, 1.54) is 33.4 Å². The smallest absolute Gasteiger partial charge is 0.306 e. The van der Waals surface area contributed by atoms with E-state index >= 15 is 0 Å². The number of carbonyl (C=O) groups excluding carboxylic acids is 1. The minimum absolute atomic E-state index is 0.0377. The lowest BCUT2D eigenvalue weighted by molar-refractivity contribution is -0.143. The Morgan fingerprint density at radius 1 is 1.16 bits per heavy atom. The Morgan fingerprint density at radius 2 is 1.97 bits per heavy atom. The zero-order valence-electron chi connectivity index (χ0n) is 22.4. The molecule has 1 aliphatic heterocycles. The van der Waals surface area contributed by atoms with Gasteiger partial charge >= 0.3 is 5.97 Å². The quantitative estimate of drug-likeness (QED) is 0.183. The maximum Gasteiger partial charge on any atom is 0.306 e. The van der Waals surface area contributed by atoms with E-state index in [1.807, 2.05) is 13.0 Å². The molecular formula is C31H34BNO5. The fraction of sp³-hybridized carbons (Fsp3) is 0.419. The molecule has 2 heterocycles. The first kappa shape index (κ1) is 26.1. The van der Waals surface area contributed by atoms with Gasteiger partial charge < -0.3 is 18.9 Å². The van der Waals surface area contributed by atoms with Crippen molar-refractivity contribution in [2.45, 2.75) is 64.8 Å². The summed E-state index contributed by atoms with van der Waals surface area (Å²) in [6.45, 7) is 7.55. The van der Waals surface area contributed by atoms with E-state index in [1.54, 1.807) is 6.20 Å². The maximum absolute atomic E-state index is 11.9. The third-order valence-corrected chi connectivity index (χ3v) is 7.34. The van der Waals surface area contributed by atoms with Gasteiger partial charge in [-0.3, -0.25) is 4.79 Å². The van der Waals surface area contributed by atoms with Crippen LogP contribution in [0.4, 0.5) is 0 Å². The SMILES string of the molecule is [B]CCCOc1cc(C)c(-c2cccc3c2CCC3Oc2cc3c(cn2)[C@H](CC(=O)OCC)CO3)c(C)c1. The Labute approximate surface area is 226 Å². The van der Waals surface area contributed by atoms with Crippen LogP contribution in [0.1, 0.15) is 66.0 Å². The van der Waals surface area contributed by atoms with Crippen molar-refractivity contribution < 1.29 is 23.7 Å². The minimum Gasteiger partial charge on any atom is -0.494 e. The molecule has 6 nitrogen and oxygen atoms in total. The van der Waals surface area contributed by atoms with Crippen LogP contribution in [0.15, 0.2) is 42.6 Å². The fourth-order valence-corrected chi connectivity index (χ4v) is 5.62. The molecule has 1 aromatic heterocycles. The van der Waals surface area contributed by atoms with Crippen molar-refractivity contribution in [2.75, 3.05) is 19.8 Å². The Hall–Kier alpha value is -3.48. The molecule has 0 spiro atoms. The first-order valence-electron chi connectivity index (χ1n) is 13.5. The number of carbonyl (C=O) groups is 1. The number of esters is 1. The van der Waals surface area contributed by atoms with Crippen molar-refractivity contribution >= 4 is 13.8 Å². The third kappa shape index (κ3) is 5.38. The fourth-order valence-electron chi connectivity index (χ4n) is 5.62. The summed E-state index contributed by atoms with van der Waals surface area (Å²) >= 11 is 0. The van der Waals surface area contributed by atoms with E-state index in [-0.39, 0.29) is 18.0 Å². The van der Waals surface area contributed by atoms with E-state index < -0.39 is 0 Å². The molecule has 5 rings (SSSR count). The van der Waals surface area contributed by atoms with E-state index in [0.717, 1.165) is 36.3 Å². The molecule has 2 atom stereocenters. The van der Waals surface area contributed by atoms with Crippen LogP contribution in [0.5, 0.6) is 17.4 Å². The minimum atomic E-state index is -0.216. The summed E-state index contributed by atoms with van der Waals surface area (Å²) in [5.74, 6) is 1.91. The second-order valence-electron chi connectivity index (χ2n) is 10.0. The van der Waals surface area contributed by atoms with Gasteiger partial charge in [0.2, 0.25) is 5.88 Å². The van der Waals surface area contributed by atoms with Gasteiger partial charge in [0.05, 0.1) is 34.1 Å². The van der Waals surface area contributed by atoms with Crippen molar-refractivity contribution in [3.8, 4) is 28.5 Å². The first-order chi connectivity index (χ1) is 18.5. The predicted octanol–water partition coefficient (Wildman–Crippen LogP) is 6.22. The molecule has 0 saturated carbocycles. The molecule has 2 radical (unpaired) electrons. The molecular weight excluding hydrogens is 477 g/mol. The molecule has 0 amide bonds. The van der Waals surface area contributed by atoms with Gasteiger partial charge in [-0.2, -0.15) is 0 Å². The van der Waals surface area contributed by atoms with Crippen molar-refractivity contribution in [1.82, 2.24) is 4.98 Å². The highest BCUT2D eigenvalue weighted by atomic mass is 16.5. The summed E-state index contributed by atoms with van der Waals surface area (Å²) in [5, 5.41) is 0. The molecule has 3 aromatic rings. The zero-order chi connectivity index (χ0) is 26.6. The second-order valence-corrected chi connectivity index (χ2v) is 10.0. The number of fused-ring (bicyclic) bond motifs is 2. The molecule has 1 aliphatic carbocycles. The molecule has 0 saturated heterocycles. The molecule has 7 heteroatoms. The predicted molar refractivity (Wildman–Crippen MR) is 147 cm³/mol. The number of pyridine rings is 1. The maximum atomic E-state index is 11.9. The van der Waals surface area contributed by atoms with E-state index in [4.69, 9.17) is 26.8 Å². The molecule has 0 bridgehead atoms. The zero-order valence-corrected chi connectivity index (χ0v) is 22.4. The summed E-state index contributed by atoms with van der Waals surface area (Å²) in [7, 11) is 5.60. The van der Waals surface area contributed by atoms with Gasteiger partial charge in [-0.05, 0) is 85.5 Å². The average Bonchev–Trinajstić information content (AvgIpc) is 3.48. The van der Waals surface area contributed by atoms with E-state index in [9.17, 15) is 4.79 Å². The van der Waals surface area contributed by atoms with Gasteiger partial charge in [0, 0.05) is 23.7 Å². The number of nitrogens with zero attached hydrogens (tertiary/aromatic N) is 1. The van der Waals surface area contributed by atoms with Crippen LogP contribution in [0, 0.1) is 13.8 Å². The lowest BCUT2D eigenvalue weighted by Gasteiger charge is -2.18. The van der Waals surface area contributed by atoms with Gasteiger partial charge in [-0.25, -0.2) is 4.98 Å². The number of benzene rings is 2. The molecule has 2 aromatic carbocycles. The van der Waals surface area contributed by atoms with Gasteiger partial charge in [-0.1, -0.05) is 24.5 Å². The van der Waals surface area contributed by atoms with Crippen LogP contribution in [-0.4, -0.2) is 38.6 Å². The Morgan fingerprint density at radius 3 is 2.74 bits per heavy atom. The highest BCUT2D eigenvalue weighted by Gasteiger charge is 2.31. The topological polar surface area (TPSA) is 66.9 Å². The standard InChI is InChI=1S/C31H34BNO5/c1-4-35-30(34)15-21-18-37-28-16-29(33-17-26(21)28)38-27-10-9-23-24(27)7-5-8-25(23)31-19(2)13-22(14-20(31)3)36-12-6-11-32/h5,7-8,13-14,16-17,21,27H,4,6,9-12,15,18H2,1-3H3/t21-,27?/m1/s1. The number of aryl methyl sites for hydroxylation is 2. The lowest BCUT2D eigenvalue weighted by Crippen LogP contribution is -2.11. The van der Waals surface area contributed by atoms with Crippen LogP contribution in [0.3, 0.4) is 0 Å². The summed E-state index contributed by atoms with van der Waals surface area (Å²) in [5.41, 5.74) is 8.36. The number of hydrogen-bond acceptors (Lipinski definition) is 6. The Bertz CT molecular complexity index is 1300. The molecule has 196 valence electrons. The molecule has 2 aliphatic rings. The summed E-state index contributed by atoms with van der Waals surface area (Å²) < 4.78 is 23.3. The summed E-state index contributed by atoms with van der Waals surface area (Å²) in [6, 6.07) is 12.6. The van der Waals surface area contributed by atoms with Crippen molar-refractivity contribution in [3.05, 3.63) is 70.4 Å². The molecule has 0 N–H and O–H groups in total. The van der Waals surface area contributed by atoms with Crippen LogP contribution in [-0.2, 0) is 16.0 Å². The number of ether oxygens (including phenoxy) is 4. The normalized spacial score (nSPS) is 17.4. The number of rotatable bonds is 10. The Balaban J connectivity index is 1.34. The van der Waals surface area contributed by atoms with Crippen molar-refractivity contribution in [1.29, 1.82) is 0 Å². The van der Waals surface area contributed by atoms with E-state index in [2.05, 4.69) is 49.2 Å². The van der Waals surface area contributed by atoms with Gasteiger partial charge in [0.25, 0.3) is 0 Å². The van der Waals surface area contributed by atoms with Gasteiger partial charge in [-0.15, -0.1) is 0 Å². The second kappa shape index (κ2) is 11.5. The molecule has 38 heavy (non-hydrogen) atoms. The third-order valence-electron chi connectivity index (χ3n) is 7.34. The van der Waals surface area contributed by atoms with Gasteiger partial charge in [0.15, 0.2) is 0 Å². The monoisotopic (exact) mass is 511 g/mol.